The number of aromatic nitrogens is 1. The molecule has 0 aliphatic carbocycles. The fourth-order valence-corrected chi connectivity index (χ4v) is 4.98. The number of benzene rings is 5. The molecule has 0 saturated carbocycles. The van der Waals surface area contributed by atoms with Gasteiger partial charge >= 0.3 is 12.4 Å². The topological polar surface area (TPSA) is 83.4 Å². The lowest BCUT2D eigenvalue weighted by molar-refractivity contribution is -0.139. The Labute approximate surface area is 271 Å². The molecule has 6 aromatic rings. The molecule has 0 atom stereocenters. The van der Waals surface area contributed by atoms with Crippen LogP contribution in [0.2, 0.25) is 0 Å². The quantitative estimate of drug-likeness (QED) is 0.132. The van der Waals surface area contributed by atoms with Crippen LogP contribution < -0.4 is 20.9 Å². The number of hydrogen-bond acceptors (Lipinski definition) is 5. The summed E-state index contributed by atoms with van der Waals surface area (Å²) in [5, 5.41) is 0. The highest BCUT2D eigenvalue weighted by Crippen LogP contribution is 2.41. The standard InChI is InChI=1S/C37H25F6N3O2/c38-36(39,40)30-20-26(44)10-16-34(30)47-28-12-6-23(7-13-28)32-18-25(22-4-2-1-3-5-22)19-33(46-32)24-8-14-29(15-9-24)48-35-17-11-27(45)21-31(35)37(41,42)43/h1-21H,44-45H2. The van der Waals surface area contributed by atoms with E-state index in [1.807, 2.05) is 42.5 Å². The van der Waals surface area contributed by atoms with Crippen molar-refractivity contribution < 1.29 is 35.8 Å². The van der Waals surface area contributed by atoms with E-state index in [0.717, 1.165) is 23.3 Å². The van der Waals surface area contributed by atoms with Crippen molar-refractivity contribution in [1.82, 2.24) is 4.98 Å². The summed E-state index contributed by atoms with van der Waals surface area (Å²) < 4.78 is 92.6. The number of anilines is 2. The molecule has 0 radical (unpaired) electrons. The number of alkyl halides is 6. The van der Waals surface area contributed by atoms with Crippen molar-refractivity contribution >= 4 is 11.4 Å². The van der Waals surface area contributed by atoms with E-state index in [9.17, 15) is 26.3 Å². The molecule has 0 spiro atoms. The van der Waals surface area contributed by atoms with Crippen molar-refractivity contribution in [1.29, 1.82) is 0 Å². The van der Waals surface area contributed by atoms with E-state index in [2.05, 4.69) is 0 Å². The summed E-state index contributed by atoms with van der Waals surface area (Å²) in [6, 6.07) is 32.9. The number of rotatable bonds is 7. The highest BCUT2D eigenvalue weighted by atomic mass is 19.4. The van der Waals surface area contributed by atoms with Gasteiger partial charge in [0, 0.05) is 22.5 Å². The maximum atomic E-state index is 13.6. The SMILES string of the molecule is Nc1ccc(Oc2ccc(-c3cc(-c4ccccc4)cc(-c4ccc(Oc5ccc(N)cc5C(F)(F)F)cc4)n3)cc2)c(C(F)(F)F)c1. The molecule has 0 saturated heterocycles. The van der Waals surface area contributed by atoms with Gasteiger partial charge in [0.1, 0.15) is 34.1 Å². The van der Waals surface area contributed by atoms with Gasteiger partial charge in [-0.1, -0.05) is 30.3 Å². The zero-order valence-electron chi connectivity index (χ0n) is 24.8. The number of nitrogens with zero attached hydrogens (tertiary/aromatic N) is 1. The Morgan fingerprint density at radius 2 is 0.854 bits per heavy atom. The van der Waals surface area contributed by atoms with Crippen molar-refractivity contribution in [3.8, 4) is 56.6 Å². The zero-order chi connectivity index (χ0) is 34.1. The minimum atomic E-state index is -4.66. The number of nitrogens with two attached hydrogens (primary N) is 2. The highest BCUT2D eigenvalue weighted by Gasteiger charge is 2.35. The Morgan fingerprint density at radius 1 is 0.438 bits per heavy atom. The molecule has 5 aromatic carbocycles. The number of halogens is 6. The molecular weight excluding hydrogens is 632 g/mol. The normalized spacial score (nSPS) is 11.7. The van der Waals surface area contributed by atoms with Crippen LogP contribution in [0.25, 0.3) is 33.6 Å². The maximum absolute atomic E-state index is 13.6. The van der Waals surface area contributed by atoms with Gasteiger partial charge in [-0.05, 0) is 108 Å². The number of nitrogen functional groups attached to an aromatic ring is 2. The number of hydrogen-bond donors (Lipinski definition) is 2. The van der Waals surface area contributed by atoms with Crippen LogP contribution in [0.15, 0.2) is 127 Å². The van der Waals surface area contributed by atoms with Gasteiger partial charge in [-0.15, -0.1) is 0 Å². The van der Waals surface area contributed by atoms with Crippen LogP contribution in [-0.4, -0.2) is 4.98 Å². The molecular formula is C37H25F6N3O2. The van der Waals surface area contributed by atoms with Gasteiger partial charge in [-0.2, -0.15) is 26.3 Å². The molecule has 48 heavy (non-hydrogen) atoms. The van der Waals surface area contributed by atoms with Crippen LogP contribution >= 0.6 is 0 Å². The first kappa shape index (κ1) is 32.0. The predicted octanol–water partition coefficient (Wildman–Crippen LogP) is 10.9. The van der Waals surface area contributed by atoms with Gasteiger partial charge in [0.25, 0.3) is 0 Å². The summed E-state index contributed by atoms with van der Waals surface area (Å²) in [7, 11) is 0. The molecule has 0 unspecified atom stereocenters. The van der Waals surface area contributed by atoms with E-state index in [1.165, 1.54) is 24.3 Å². The molecule has 0 bridgehead atoms. The van der Waals surface area contributed by atoms with E-state index in [-0.39, 0.29) is 34.4 Å². The van der Waals surface area contributed by atoms with Gasteiger partial charge in [-0.25, -0.2) is 4.98 Å². The van der Waals surface area contributed by atoms with Gasteiger partial charge < -0.3 is 20.9 Å². The van der Waals surface area contributed by atoms with E-state index >= 15 is 0 Å². The van der Waals surface area contributed by atoms with Crippen molar-refractivity contribution in [2.24, 2.45) is 0 Å². The lowest BCUT2D eigenvalue weighted by Crippen LogP contribution is -2.08. The minimum Gasteiger partial charge on any atom is -0.457 e. The van der Waals surface area contributed by atoms with E-state index in [0.29, 0.717) is 22.5 Å². The van der Waals surface area contributed by atoms with Crippen LogP contribution in [0.3, 0.4) is 0 Å². The monoisotopic (exact) mass is 657 g/mol. The summed E-state index contributed by atoms with van der Waals surface area (Å²) in [4.78, 5) is 4.83. The second kappa shape index (κ2) is 12.7. The Morgan fingerprint density at radius 3 is 1.25 bits per heavy atom. The highest BCUT2D eigenvalue weighted by molar-refractivity contribution is 5.77. The summed E-state index contributed by atoms with van der Waals surface area (Å²) in [6.45, 7) is 0. The first-order valence-corrected chi connectivity index (χ1v) is 14.4. The van der Waals surface area contributed by atoms with Gasteiger partial charge in [0.05, 0.1) is 11.4 Å². The average molecular weight is 658 g/mol. The molecule has 4 N–H and O–H groups in total. The Kier molecular flexibility index (Phi) is 8.45. The molecule has 242 valence electrons. The third-order valence-electron chi connectivity index (χ3n) is 7.31. The van der Waals surface area contributed by atoms with Crippen LogP contribution in [0.5, 0.6) is 23.0 Å². The molecule has 0 amide bonds. The van der Waals surface area contributed by atoms with E-state index < -0.39 is 23.5 Å². The van der Waals surface area contributed by atoms with Crippen molar-refractivity contribution in [3.05, 3.63) is 139 Å². The van der Waals surface area contributed by atoms with Gasteiger partial charge in [0.2, 0.25) is 0 Å². The predicted molar refractivity (Wildman–Crippen MR) is 172 cm³/mol. The third kappa shape index (κ3) is 7.20. The molecule has 1 heterocycles. The second-order valence-corrected chi connectivity index (χ2v) is 10.8. The van der Waals surface area contributed by atoms with Crippen molar-refractivity contribution in [2.75, 3.05) is 11.5 Å². The fraction of sp³-hybridized carbons (Fsp3) is 0.0541. The first-order valence-electron chi connectivity index (χ1n) is 14.4. The van der Waals surface area contributed by atoms with Crippen LogP contribution in [0, 0.1) is 0 Å². The smallest absolute Gasteiger partial charge is 0.420 e. The van der Waals surface area contributed by atoms with Gasteiger partial charge in [0.15, 0.2) is 0 Å². The molecule has 11 heteroatoms. The lowest BCUT2D eigenvalue weighted by Gasteiger charge is -2.15. The number of pyridine rings is 1. The molecule has 0 aliphatic rings. The molecule has 0 fully saturated rings. The van der Waals surface area contributed by atoms with Gasteiger partial charge in [-0.3, -0.25) is 0 Å². The molecule has 6 rings (SSSR count). The summed E-state index contributed by atoms with van der Waals surface area (Å²) in [5.74, 6) is -0.401. The zero-order valence-corrected chi connectivity index (χ0v) is 24.8. The fourth-order valence-electron chi connectivity index (χ4n) is 4.98. The summed E-state index contributed by atoms with van der Waals surface area (Å²) in [5.41, 5.74) is 13.3. The Balaban J connectivity index is 1.31. The van der Waals surface area contributed by atoms with Crippen LogP contribution in [0.1, 0.15) is 11.1 Å². The van der Waals surface area contributed by atoms with Crippen LogP contribution in [0.4, 0.5) is 37.7 Å². The second-order valence-electron chi connectivity index (χ2n) is 10.8. The minimum absolute atomic E-state index is 0.0373. The Hall–Kier alpha value is -5.97. The van der Waals surface area contributed by atoms with Crippen LogP contribution in [-0.2, 0) is 12.4 Å². The first-order chi connectivity index (χ1) is 22.8. The summed E-state index contributed by atoms with van der Waals surface area (Å²) >= 11 is 0. The summed E-state index contributed by atoms with van der Waals surface area (Å²) in [6.07, 6.45) is -9.31. The number of ether oxygens (including phenoxy) is 2. The van der Waals surface area contributed by atoms with Crippen molar-refractivity contribution in [2.45, 2.75) is 12.4 Å². The van der Waals surface area contributed by atoms with E-state index in [1.54, 1.807) is 48.5 Å². The lowest BCUT2D eigenvalue weighted by atomic mass is 10.00. The largest absolute Gasteiger partial charge is 0.457 e. The van der Waals surface area contributed by atoms with Crippen molar-refractivity contribution in [3.63, 3.8) is 0 Å². The maximum Gasteiger partial charge on any atom is 0.420 e. The Bertz CT molecular complexity index is 1940. The molecule has 0 aliphatic heterocycles. The van der Waals surface area contributed by atoms with E-state index in [4.69, 9.17) is 25.9 Å². The molecule has 1 aromatic heterocycles. The third-order valence-corrected chi connectivity index (χ3v) is 7.31. The average Bonchev–Trinajstić information content (AvgIpc) is 3.06. The molecule has 5 nitrogen and oxygen atoms in total.